The highest BCUT2D eigenvalue weighted by Gasteiger charge is 2.42. The van der Waals surface area contributed by atoms with Crippen molar-refractivity contribution in [3.63, 3.8) is 0 Å². The van der Waals surface area contributed by atoms with E-state index < -0.39 is 26.3 Å². The summed E-state index contributed by atoms with van der Waals surface area (Å²) in [6.45, 7) is 0. The molecule has 0 aromatic heterocycles. The minimum Gasteiger partial charge on any atom is -0.376 e. The Hall–Kier alpha value is -2.19. The number of rotatable bonds is 5. The molecular weight excluding hydrogens is 371 g/mol. The zero-order valence-corrected chi connectivity index (χ0v) is 14.6. The van der Waals surface area contributed by atoms with Gasteiger partial charge in [-0.1, -0.05) is 23.7 Å². The van der Waals surface area contributed by atoms with Crippen LogP contribution in [0.25, 0.3) is 0 Å². The zero-order chi connectivity index (χ0) is 18.4. The number of hydrogen-bond acceptors (Lipinski definition) is 5. The van der Waals surface area contributed by atoms with E-state index in [4.69, 9.17) is 11.6 Å². The van der Waals surface area contributed by atoms with Gasteiger partial charge in [-0.05, 0) is 30.7 Å². The highest BCUT2D eigenvalue weighted by atomic mass is 35.5. The Morgan fingerprint density at radius 1 is 1.28 bits per heavy atom. The normalized spacial score (nSPS) is 19.5. The summed E-state index contributed by atoms with van der Waals surface area (Å²) >= 11 is 6.04. The molecule has 1 saturated carbocycles. The Balaban J connectivity index is 1.92. The summed E-state index contributed by atoms with van der Waals surface area (Å²) in [6.07, 6.45) is 1.46. The van der Waals surface area contributed by atoms with Crippen molar-refractivity contribution >= 4 is 32.8 Å². The van der Waals surface area contributed by atoms with Crippen LogP contribution in [0, 0.1) is 15.9 Å². The second kappa shape index (κ2) is 6.27. The first-order valence-electron chi connectivity index (χ1n) is 7.38. The van der Waals surface area contributed by atoms with Gasteiger partial charge < -0.3 is 5.32 Å². The number of hydrogen-bond donors (Lipinski definition) is 1. The minimum atomic E-state index is -3.76. The summed E-state index contributed by atoms with van der Waals surface area (Å²) in [5.41, 5.74) is -0.0493. The third-order valence-corrected chi connectivity index (χ3v) is 5.54. The van der Waals surface area contributed by atoms with Crippen LogP contribution in [0.1, 0.15) is 17.9 Å². The summed E-state index contributed by atoms with van der Waals surface area (Å²) in [7, 11) is -3.76. The van der Waals surface area contributed by atoms with E-state index in [1.54, 1.807) is 6.07 Å². The Morgan fingerprint density at radius 3 is 2.56 bits per heavy atom. The third-order valence-electron chi connectivity index (χ3n) is 4.08. The molecule has 0 bridgehead atoms. The van der Waals surface area contributed by atoms with Crippen molar-refractivity contribution in [2.45, 2.75) is 23.3 Å². The Morgan fingerprint density at radius 2 is 1.96 bits per heavy atom. The van der Waals surface area contributed by atoms with Crippen LogP contribution in [-0.2, 0) is 9.84 Å². The fourth-order valence-corrected chi connectivity index (χ4v) is 4.03. The molecule has 2 atom stereocenters. The van der Waals surface area contributed by atoms with Crippen molar-refractivity contribution in [1.82, 2.24) is 0 Å². The molecule has 2 aromatic rings. The van der Waals surface area contributed by atoms with Gasteiger partial charge in [0.25, 0.3) is 0 Å². The average molecular weight is 385 g/mol. The Kier molecular flexibility index (Phi) is 4.42. The van der Waals surface area contributed by atoms with E-state index in [1.807, 2.05) is 0 Å². The van der Waals surface area contributed by atoms with E-state index in [0.717, 1.165) is 6.26 Å². The van der Waals surface area contributed by atoms with E-state index in [0.29, 0.717) is 17.0 Å². The highest BCUT2D eigenvalue weighted by Crippen LogP contribution is 2.47. The van der Waals surface area contributed by atoms with Crippen LogP contribution in [0.4, 0.5) is 15.8 Å². The van der Waals surface area contributed by atoms with Crippen LogP contribution >= 0.6 is 11.6 Å². The van der Waals surface area contributed by atoms with E-state index in [2.05, 4.69) is 5.32 Å². The van der Waals surface area contributed by atoms with Crippen LogP contribution < -0.4 is 5.32 Å². The van der Waals surface area contributed by atoms with Gasteiger partial charge in [-0.3, -0.25) is 10.1 Å². The van der Waals surface area contributed by atoms with Gasteiger partial charge in [0.1, 0.15) is 16.4 Å². The van der Waals surface area contributed by atoms with Crippen molar-refractivity contribution in [3.05, 3.63) is 62.9 Å². The fourth-order valence-electron chi connectivity index (χ4n) is 2.86. The highest BCUT2D eigenvalue weighted by molar-refractivity contribution is 7.90. The predicted molar refractivity (Wildman–Crippen MR) is 92.4 cm³/mol. The number of nitro benzene ring substituents is 1. The lowest BCUT2D eigenvalue weighted by molar-refractivity contribution is -0.386. The number of para-hydroxylation sites is 1. The molecule has 1 fully saturated rings. The molecule has 6 nitrogen and oxygen atoms in total. The molecule has 3 rings (SSSR count). The van der Waals surface area contributed by atoms with Gasteiger partial charge in [0.2, 0.25) is 0 Å². The summed E-state index contributed by atoms with van der Waals surface area (Å²) in [4.78, 5) is 10.3. The predicted octanol–water partition coefficient (Wildman–Crippen LogP) is 3.76. The van der Waals surface area contributed by atoms with Crippen LogP contribution in [0.3, 0.4) is 0 Å². The van der Waals surface area contributed by atoms with Gasteiger partial charge in [0, 0.05) is 28.8 Å². The third kappa shape index (κ3) is 3.45. The van der Waals surface area contributed by atoms with E-state index in [1.165, 1.54) is 30.3 Å². The maximum Gasteiger partial charge on any atom is 0.310 e. The molecule has 132 valence electrons. The largest absolute Gasteiger partial charge is 0.376 e. The summed E-state index contributed by atoms with van der Waals surface area (Å²) in [5, 5.41) is 14.6. The lowest BCUT2D eigenvalue weighted by Gasteiger charge is -2.10. The molecule has 0 heterocycles. The minimum absolute atomic E-state index is 0.0906. The molecule has 25 heavy (non-hydrogen) atoms. The number of nitro groups is 1. The molecule has 0 saturated heterocycles. The van der Waals surface area contributed by atoms with Crippen molar-refractivity contribution in [2.75, 3.05) is 11.6 Å². The molecule has 9 heteroatoms. The first-order valence-corrected chi connectivity index (χ1v) is 9.65. The van der Waals surface area contributed by atoms with Gasteiger partial charge in [0.05, 0.1) is 4.92 Å². The molecule has 2 unspecified atom stereocenters. The molecule has 1 aliphatic carbocycles. The van der Waals surface area contributed by atoms with Crippen LogP contribution in [0.5, 0.6) is 0 Å². The molecule has 0 aliphatic heterocycles. The standard InChI is InChI=1S/C16H14ClFN2O4S/c1-25(23,24)14-7-3-6-12(16(14)20(21)22)19-13-8-9(13)15-10(17)4-2-5-11(15)18/h2-7,9,13,19H,8H2,1H3. The first-order chi connectivity index (χ1) is 11.7. The van der Waals surface area contributed by atoms with Crippen molar-refractivity contribution < 1.29 is 17.7 Å². The first kappa shape index (κ1) is 17.6. The van der Waals surface area contributed by atoms with Crippen molar-refractivity contribution in [1.29, 1.82) is 0 Å². The van der Waals surface area contributed by atoms with Crippen molar-refractivity contribution in [2.24, 2.45) is 0 Å². The number of halogens is 2. The number of nitrogens with one attached hydrogen (secondary N) is 1. The van der Waals surface area contributed by atoms with Crippen molar-refractivity contribution in [3.8, 4) is 0 Å². The number of benzene rings is 2. The number of anilines is 1. The maximum absolute atomic E-state index is 14.0. The second-order valence-corrected chi connectivity index (χ2v) is 8.30. The molecule has 0 amide bonds. The van der Waals surface area contributed by atoms with Gasteiger partial charge in [-0.2, -0.15) is 0 Å². The summed E-state index contributed by atoms with van der Waals surface area (Å²) < 4.78 is 37.6. The lowest BCUT2D eigenvalue weighted by Crippen LogP contribution is -2.10. The lowest BCUT2D eigenvalue weighted by atomic mass is 10.1. The fraction of sp³-hybridized carbons (Fsp3) is 0.250. The maximum atomic E-state index is 14.0. The van der Waals surface area contributed by atoms with Crippen LogP contribution in [-0.4, -0.2) is 25.6 Å². The zero-order valence-electron chi connectivity index (χ0n) is 13.1. The smallest absolute Gasteiger partial charge is 0.310 e. The van der Waals surface area contributed by atoms with Gasteiger partial charge >= 0.3 is 5.69 Å². The van der Waals surface area contributed by atoms with E-state index in [-0.39, 0.29) is 22.5 Å². The SMILES string of the molecule is CS(=O)(=O)c1cccc(NC2CC2c2c(F)cccc2Cl)c1[N+](=O)[O-]. The van der Waals surface area contributed by atoms with Gasteiger partial charge in [0.15, 0.2) is 9.84 Å². The summed E-state index contributed by atoms with van der Waals surface area (Å²) in [5.74, 6) is -0.656. The van der Waals surface area contributed by atoms with Crippen LogP contribution in [0.2, 0.25) is 5.02 Å². The Bertz CT molecular complexity index is 944. The van der Waals surface area contributed by atoms with Crippen LogP contribution in [0.15, 0.2) is 41.3 Å². The van der Waals surface area contributed by atoms with Gasteiger partial charge in [-0.25, -0.2) is 12.8 Å². The number of sulfone groups is 1. The molecule has 0 spiro atoms. The average Bonchev–Trinajstić information content (AvgIpc) is 3.24. The molecule has 2 aromatic carbocycles. The monoisotopic (exact) mass is 384 g/mol. The molecule has 0 radical (unpaired) electrons. The van der Waals surface area contributed by atoms with E-state index in [9.17, 15) is 22.9 Å². The second-order valence-electron chi connectivity index (χ2n) is 5.91. The topological polar surface area (TPSA) is 89.3 Å². The van der Waals surface area contributed by atoms with Gasteiger partial charge in [-0.15, -0.1) is 0 Å². The quantitative estimate of drug-likeness (QED) is 0.626. The summed E-state index contributed by atoms with van der Waals surface area (Å²) in [6, 6.07) is 8.20. The molecular formula is C16H14ClFN2O4S. The number of nitrogens with zero attached hydrogens (tertiary/aromatic N) is 1. The Labute approximate surface area is 148 Å². The molecule has 1 N–H and O–H groups in total. The van der Waals surface area contributed by atoms with E-state index >= 15 is 0 Å². The molecule has 1 aliphatic rings.